The number of amides is 1. The van der Waals surface area contributed by atoms with Crippen LogP contribution in [0.3, 0.4) is 0 Å². The zero-order valence-corrected chi connectivity index (χ0v) is 19.4. The first-order valence-corrected chi connectivity index (χ1v) is 11.1. The molecule has 0 aliphatic rings. The second-order valence-corrected chi connectivity index (χ2v) is 7.96. The number of nitrogens with one attached hydrogen (secondary N) is 2. The van der Waals surface area contributed by atoms with Crippen LogP contribution in [0, 0.1) is 6.92 Å². The zero-order chi connectivity index (χ0) is 24.1. The number of nitrogens with zero attached hydrogens (tertiary/aromatic N) is 5. The lowest BCUT2D eigenvalue weighted by Crippen LogP contribution is -2.15. The Kier molecular flexibility index (Phi) is 6.86. The first kappa shape index (κ1) is 23.0. The number of hydrogen-bond donors (Lipinski definition) is 3. The Labute approximate surface area is 196 Å². The molecule has 1 aromatic carbocycles. The minimum Gasteiger partial charge on any atom is -0.502 e. The van der Waals surface area contributed by atoms with Gasteiger partial charge in [-0.3, -0.25) is 9.48 Å². The normalized spacial score (nSPS) is 11.7. The Hall–Kier alpha value is -4.21. The molecule has 1 amide bonds. The van der Waals surface area contributed by atoms with Crippen molar-refractivity contribution in [2.45, 2.75) is 39.5 Å². The van der Waals surface area contributed by atoms with Gasteiger partial charge in [-0.05, 0) is 30.4 Å². The Morgan fingerprint density at radius 2 is 2.09 bits per heavy atom. The van der Waals surface area contributed by atoms with E-state index in [1.165, 1.54) is 6.20 Å². The number of aliphatic hydroxyl groups is 1. The predicted molar refractivity (Wildman–Crippen MR) is 129 cm³/mol. The summed E-state index contributed by atoms with van der Waals surface area (Å²) in [6.07, 6.45) is 7.06. The van der Waals surface area contributed by atoms with Crippen molar-refractivity contribution in [2.24, 2.45) is 7.05 Å². The van der Waals surface area contributed by atoms with Crippen molar-refractivity contribution in [3.8, 4) is 11.4 Å². The molecule has 0 spiro atoms. The van der Waals surface area contributed by atoms with E-state index in [-0.39, 0.29) is 0 Å². The number of benzene rings is 1. The molecule has 10 nitrogen and oxygen atoms in total. The second kappa shape index (κ2) is 10.2. The molecule has 34 heavy (non-hydrogen) atoms. The number of pyridine rings is 1. The van der Waals surface area contributed by atoms with Crippen LogP contribution in [0.4, 0.5) is 11.6 Å². The van der Waals surface area contributed by atoms with E-state index >= 15 is 0 Å². The highest BCUT2D eigenvalue weighted by Crippen LogP contribution is 2.26. The predicted octanol–water partition coefficient (Wildman–Crippen LogP) is 4.51. The Morgan fingerprint density at radius 3 is 2.85 bits per heavy atom. The van der Waals surface area contributed by atoms with Gasteiger partial charge < -0.3 is 20.3 Å². The SMILES string of the molecule is CCCCCc1cc(NC(=O)/C(O)=C/Nc2nccc3ccc(-c4noc(C)n4)cc23)nn1C. The molecule has 176 valence electrons. The molecule has 4 rings (SSSR count). The van der Waals surface area contributed by atoms with Gasteiger partial charge in [-0.1, -0.05) is 37.1 Å². The summed E-state index contributed by atoms with van der Waals surface area (Å²) in [6, 6.07) is 9.36. The fraction of sp³-hybridized carbons (Fsp3) is 0.292. The fourth-order valence-corrected chi connectivity index (χ4v) is 3.58. The van der Waals surface area contributed by atoms with E-state index in [0.29, 0.717) is 23.4 Å². The van der Waals surface area contributed by atoms with Crippen LogP contribution in [0.2, 0.25) is 0 Å². The van der Waals surface area contributed by atoms with Crippen LogP contribution >= 0.6 is 0 Å². The lowest BCUT2D eigenvalue weighted by Gasteiger charge is -2.07. The van der Waals surface area contributed by atoms with Gasteiger partial charge in [-0.25, -0.2) is 4.98 Å². The van der Waals surface area contributed by atoms with Crippen molar-refractivity contribution in [1.29, 1.82) is 0 Å². The summed E-state index contributed by atoms with van der Waals surface area (Å²) in [5.41, 5.74) is 1.79. The minimum atomic E-state index is -0.672. The first-order valence-electron chi connectivity index (χ1n) is 11.1. The van der Waals surface area contributed by atoms with Crippen LogP contribution in [-0.2, 0) is 18.3 Å². The number of carbonyl (C=O) groups is 1. The topological polar surface area (TPSA) is 131 Å². The number of hydrogen-bond acceptors (Lipinski definition) is 8. The number of anilines is 2. The molecule has 3 N–H and O–H groups in total. The third-order valence-electron chi connectivity index (χ3n) is 5.38. The molecule has 3 aromatic heterocycles. The van der Waals surface area contributed by atoms with Crippen LogP contribution in [-0.4, -0.2) is 35.9 Å². The molecule has 0 atom stereocenters. The third-order valence-corrected chi connectivity index (χ3v) is 5.38. The molecule has 10 heteroatoms. The van der Waals surface area contributed by atoms with Gasteiger partial charge in [-0.15, -0.1) is 0 Å². The molecule has 4 aromatic rings. The van der Waals surface area contributed by atoms with E-state index < -0.39 is 11.7 Å². The van der Waals surface area contributed by atoms with Gasteiger partial charge in [0.2, 0.25) is 11.7 Å². The summed E-state index contributed by atoms with van der Waals surface area (Å²) < 4.78 is 6.81. The molecule has 0 fully saturated rings. The van der Waals surface area contributed by atoms with Gasteiger partial charge in [0.1, 0.15) is 5.82 Å². The number of aliphatic hydroxyl groups excluding tert-OH is 1. The zero-order valence-electron chi connectivity index (χ0n) is 19.4. The van der Waals surface area contributed by atoms with E-state index in [2.05, 4.69) is 37.8 Å². The maximum absolute atomic E-state index is 12.5. The maximum atomic E-state index is 12.5. The van der Waals surface area contributed by atoms with Crippen molar-refractivity contribution in [3.05, 3.63) is 60.1 Å². The smallest absolute Gasteiger partial charge is 0.293 e. The van der Waals surface area contributed by atoms with Crippen molar-refractivity contribution in [1.82, 2.24) is 24.9 Å². The summed E-state index contributed by atoms with van der Waals surface area (Å²) in [5, 5.41) is 25.8. The third kappa shape index (κ3) is 5.22. The lowest BCUT2D eigenvalue weighted by atomic mass is 10.1. The van der Waals surface area contributed by atoms with Crippen molar-refractivity contribution < 1.29 is 14.4 Å². The molecule has 0 unspecified atom stereocenters. The summed E-state index contributed by atoms with van der Waals surface area (Å²) in [7, 11) is 1.84. The second-order valence-electron chi connectivity index (χ2n) is 7.96. The first-order chi connectivity index (χ1) is 16.4. The van der Waals surface area contributed by atoms with Gasteiger partial charge in [0, 0.05) is 42.9 Å². The highest BCUT2D eigenvalue weighted by Gasteiger charge is 2.13. The lowest BCUT2D eigenvalue weighted by molar-refractivity contribution is -0.115. The number of aryl methyl sites for hydroxylation is 3. The molecule has 0 saturated heterocycles. The van der Waals surface area contributed by atoms with Crippen molar-refractivity contribution in [2.75, 3.05) is 10.6 Å². The molecule has 0 aliphatic carbocycles. The molecule has 3 heterocycles. The Morgan fingerprint density at radius 1 is 1.24 bits per heavy atom. The average Bonchev–Trinajstić information content (AvgIpc) is 3.42. The molecule has 0 bridgehead atoms. The number of fused-ring (bicyclic) bond motifs is 1. The van der Waals surface area contributed by atoms with Crippen LogP contribution in [0.25, 0.3) is 22.2 Å². The van der Waals surface area contributed by atoms with Gasteiger partial charge in [0.05, 0.1) is 6.20 Å². The summed E-state index contributed by atoms with van der Waals surface area (Å²) in [4.78, 5) is 21.0. The molecular weight excluding hydrogens is 434 g/mol. The van der Waals surface area contributed by atoms with E-state index in [1.54, 1.807) is 17.8 Å². The number of unbranched alkanes of at least 4 members (excludes halogenated alkanes) is 2. The molecule has 0 saturated carbocycles. The molecule has 0 aliphatic heterocycles. The van der Waals surface area contributed by atoms with Crippen LogP contribution in [0.5, 0.6) is 0 Å². The number of aromatic nitrogens is 5. The van der Waals surface area contributed by atoms with Gasteiger partial charge in [-0.2, -0.15) is 10.1 Å². The van der Waals surface area contributed by atoms with E-state index in [1.807, 2.05) is 37.4 Å². The highest BCUT2D eigenvalue weighted by atomic mass is 16.5. The summed E-state index contributed by atoms with van der Waals surface area (Å²) >= 11 is 0. The van der Waals surface area contributed by atoms with Crippen molar-refractivity contribution >= 4 is 28.3 Å². The Balaban J connectivity index is 1.48. The van der Waals surface area contributed by atoms with Crippen LogP contribution < -0.4 is 10.6 Å². The summed E-state index contributed by atoms with van der Waals surface area (Å²) in [5.74, 6) is 0.629. The molecule has 0 radical (unpaired) electrons. The van der Waals surface area contributed by atoms with Crippen molar-refractivity contribution in [3.63, 3.8) is 0 Å². The standard InChI is InChI=1S/C24H27N7O3/c1-4-5-6-7-18-13-21(29-31(18)3)28-24(33)20(32)14-26-23-19-12-17(22-27-15(2)34-30-22)9-8-16(19)10-11-25-23/h8-14,32H,4-7H2,1-3H3,(H,25,26)(H,28,29,33)/b20-14-. The summed E-state index contributed by atoms with van der Waals surface area (Å²) in [6.45, 7) is 3.88. The highest BCUT2D eigenvalue weighted by molar-refractivity contribution is 6.02. The van der Waals surface area contributed by atoms with E-state index in [4.69, 9.17) is 4.52 Å². The fourth-order valence-electron chi connectivity index (χ4n) is 3.58. The average molecular weight is 462 g/mol. The number of carbonyl (C=O) groups excluding carboxylic acids is 1. The minimum absolute atomic E-state index is 0.391. The van der Waals surface area contributed by atoms with E-state index in [9.17, 15) is 9.90 Å². The Bertz CT molecular complexity index is 1340. The molecular formula is C24H27N7O3. The monoisotopic (exact) mass is 461 g/mol. The van der Waals surface area contributed by atoms with E-state index in [0.717, 1.165) is 47.7 Å². The van der Waals surface area contributed by atoms with Gasteiger partial charge in [0.15, 0.2) is 11.6 Å². The van der Waals surface area contributed by atoms with Crippen LogP contribution in [0.15, 0.2) is 53.0 Å². The number of rotatable bonds is 9. The maximum Gasteiger partial charge on any atom is 0.293 e. The van der Waals surface area contributed by atoms with Gasteiger partial charge in [0.25, 0.3) is 5.91 Å². The van der Waals surface area contributed by atoms with Gasteiger partial charge >= 0.3 is 0 Å². The quantitative estimate of drug-likeness (QED) is 0.188. The largest absolute Gasteiger partial charge is 0.502 e. The van der Waals surface area contributed by atoms with Crippen LogP contribution in [0.1, 0.15) is 37.8 Å².